The van der Waals surface area contributed by atoms with Gasteiger partial charge in [-0.15, -0.1) is 0 Å². The van der Waals surface area contributed by atoms with Gasteiger partial charge in [-0.25, -0.2) is 4.39 Å². The Hall–Kier alpha value is -1.84. The van der Waals surface area contributed by atoms with Crippen molar-refractivity contribution >= 4 is 5.91 Å². The Morgan fingerprint density at radius 3 is 2.72 bits per heavy atom. The van der Waals surface area contributed by atoms with Crippen LogP contribution in [0.2, 0.25) is 0 Å². The van der Waals surface area contributed by atoms with Gasteiger partial charge in [0.25, 0.3) is 0 Å². The minimum absolute atomic E-state index is 0.145. The summed E-state index contributed by atoms with van der Waals surface area (Å²) in [4.78, 5) is 11.7. The van der Waals surface area contributed by atoms with Gasteiger partial charge in [0.1, 0.15) is 5.82 Å². The van der Waals surface area contributed by atoms with E-state index in [2.05, 4.69) is 5.32 Å². The minimum atomic E-state index is -0.259. The molecule has 0 saturated heterocycles. The number of hydrogen-bond donors (Lipinski definition) is 2. The number of hydrogen-bond acceptors (Lipinski definition) is 2. The Kier molecular flexibility index (Phi) is 5.36. The van der Waals surface area contributed by atoms with Gasteiger partial charge in [0.05, 0.1) is 0 Å². The molecule has 1 rings (SSSR count). The molecule has 0 aromatic heterocycles. The van der Waals surface area contributed by atoms with Crippen LogP contribution in [0.15, 0.2) is 35.5 Å². The highest BCUT2D eigenvalue weighted by molar-refractivity contribution is 5.93. The van der Waals surface area contributed by atoms with E-state index in [1.54, 1.807) is 13.0 Å². The molecule has 1 aromatic carbocycles. The molecular formula is C14H19FN2O. The summed E-state index contributed by atoms with van der Waals surface area (Å²) in [6, 6.07) is 6.36. The molecule has 0 radical (unpaired) electrons. The van der Waals surface area contributed by atoms with E-state index < -0.39 is 0 Å². The van der Waals surface area contributed by atoms with Gasteiger partial charge in [0, 0.05) is 17.8 Å². The van der Waals surface area contributed by atoms with Crippen molar-refractivity contribution in [3.63, 3.8) is 0 Å². The van der Waals surface area contributed by atoms with E-state index in [1.807, 2.05) is 13.0 Å². The van der Waals surface area contributed by atoms with Crippen molar-refractivity contribution in [2.45, 2.75) is 26.7 Å². The van der Waals surface area contributed by atoms with Crippen molar-refractivity contribution < 1.29 is 9.18 Å². The first-order valence-electron chi connectivity index (χ1n) is 6.02. The third-order valence-corrected chi connectivity index (χ3v) is 2.69. The van der Waals surface area contributed by atoms with Gasteiger partial charge in [-0.05, 0) is 37.5 Å². The maximum absolute atomic E-state index is 12.9. The Bertz CT molecular complexity index is 451. The van der Waals surface area contributed by atoms with Crippen LogP contribution in [0.4, 0.5) is 4.39 Å². The van der Waals surface area contributed by atoms with E-state index in [4.69, 9.17) is 5.73 Å². The van der Waals surface area contributed by atoms with Crippen LogP contribution in [-0.4, -0.2) is 12.5 Å². The predicted molar refractivity (Wildman–Crippen MR) is 70.3 cm³/mol. The molecule has 1 aromatic rings. The van der Waals surface area contributed by atoms with E-state index in [-0.39, 0.29) is 11.7 Å². The predicted octanol–water partition coefficient (Wildman–Crippen LogP) is 2.13. The molecule has 3 N–H and O–H groups in total. The van der Waals surface area contributed by atoms with Gasteiger partial charge < -0.3 is 11.1 Å². The number of rotatable bonds is 5. The van der Waals surface area contributed by atoms with Crippen molar-refractivity contribution in [2.75, 3.05) is 6.54 Å². The lowest BCUT2D eigenvalue weighted by atomic mass is 10.1. The van der Waals surface area contributed by atoms with Gasteiger partial charge in [-0.1, -0.05) is 19.1 Å². The normalized spacial score (nSPS) is 11.9. The van der Waals surface area contributed by atoms with Crippen LogP contribution in [0.1, 0.15) is 25.8 Å². The van der Waals surface area contributed by atoms with Gasteiger partial charge in [-0.3, -0.25) is 4.79 Å². The summed E-state index contributed by atoms with van der Waals surface area (Å²) in [5.41, 5.74) is 7.63. The summed E-state index contributed by atoms with van der Waals surface area (Å²) >= 11 is 0. The first-order valence-corrected chi connectivity index (χ1v) is 6.02. The summed E-state index contributed by atoms with van der Waals surface area (Å²) < 4.78 is 12.9. The molecule has 0 saturated carbocycles. The zero-order chi connectivity index (χ0) is 13.5. The van der Waals surface area contributed by atoms with Crippen LogP contribution >= 0.6 is 0 Å². The maximum atomic E-state index is 12.9. The van der Waals surface area contributed by atoms with Gasteiger partial charge in [-0.2, -0.15) is 0 Å². The molecule has 0 spiro atoms. The maximum Gasteiger partial charge on any atom is 0.248 e. The molecule has 98 valence electrons. The fraction of sp³-hybridized carbons (Fsp3) is 0.357. The summed E-state index contributed by atoms with van der Waals surface area (Å²) in [5, 5.41) is 2.78. The van der Waals surface area contributed by atoms with Gasteiger partial charge in [0.2, 0.25) is 5.91 Å². The number of carbonyl (C=O) groups excluding carboxylic acids is 1. The van der Waals surface area contributed by atoms with E-state index in [1.165, 1.54) is 12.1 Å². The number of nitrogens with two attached hydrogens (primary N) is 1. The standard InChI is InChI=1S/C14H19FN2O/c1-3-13(10(2)16)14(18)17-8-7-11-5-4-6-12(15)9-11/h4-6,9H,3,7-8,16H2,1-2H3,(H,17,18). The molecule has 0 bridgehead atoms. The minimum Gasteiger partial charge on any atom is -0.402 e. The highest BCUT2D eigenvalue weighted by Gasteiger charge is 2.08. The molecule has 3 nitrogen and oxygen atoms in total. The van der Waals surface area contributed by atoms with Crippen molar-refractivity contribution in [1.29, 1.82) is 0 Å². The smallest absolute Gasteiger partial charge is 0.248 e. The molecule has 0 aliphatic heterocycles. The van der Waals surface area contributed by atoms with Gasteiger partial charge >= 0.3 is 0 Å². The number of amides is 1. The Labute approximate surface area is 107 Å². The Morgan fingerprint density at radius 2 is 2.17 bits per heavy atom. The summed E-state index contributed by atoms with van der Waals surface area (Å²) in [6.45, 7) is 4.07. The quantitative estimate of drug-likeness (QED) is 0.786. The Balaban J connectivity index is 2.47. The molecule has 0 fully saturated rings. The highest BCUT2D eigenvalue weighted by atomic mass is 19.1. The van der Waals surface area contributed by atoms with Crippen LogP contribution in [0.3, 0.4) is 0 Å². The molecule has 4 heteroatoms. The van der Waals surface area contributed by atoms with Crippen molar-refractivity contribution in [2.24, 2.45) is 5.73 Å². The molecule has 0 heterocycles. The molecule has 0 aliphatic rings. The van der Waals surface area contributed by atoms with Crippen molar-refractivity contribution in [1.82, 2.24) is 5.32 Å². The fourth-order valence-corrected chi connectivity index (χ4v) is 1.74. The lowest BCUT2D eigenvalue weighted by Gasteiger charge is -2.08. The molecule has 18 heavy (non-hydrogen) atoms. The SMILES string of the molecule is CCC(C(=O)NCCc1cccc(F)c1)=C(C)N. The van der Waals surface area contributed by atoms with Crippen LogP contribution in [0.25, 0.3) is 0 Å². The summed E-state index contributed by atoms with van der Waals surface area (Å²) in [7, 11) is 0. The van der Waals surface area contributed by atoms with Crippen LogP contribution in [0.5, 0.6) is 0 Å². The van der Waals surface area contributed by atoms with E-state index in [0.29, 0.717) is 30.7 Å². The van der Waals surface area contributed by atoms with Crippen LogP contribution in [-0.2, 0) is 11.2 Å². The highest BCUT2D eigenvalue weighted by Crippen LogP contribution is 2.05. The third kappa shape index (κ3) is 4.20. The van der Waals surface area contributed by atoms with E-state index in [0.717, 1.165) is 5.56 Å². The second-order valence-corrected chi connectivity index (χ2v) is 4.15. The average Bonchev–Trinajstić information content (AvgIpc) is 2.29. The lowest BCUT2D eigenvalue weighted by Crippen LogP contribution is -2.28. The molecule has 1 amide bonds. The average molecular weight is 250 g/mol. The molecule has 0 aliphatic carbocycles. The first kappa shape index (κ1) is 14.2. The lowest BCUT2D eigenvalue weighted by molar-refractivity contribution is -0.117. The van der Waals surface area contributed by atoms with Gasteiger partial charge in [0.15, 0.2) is 0 Å². The monoisotopic (exact) mass is 250 g/mol. The summed E-state index contributed by atoms with van der Waals surface area (Å²) in [6.07, 6.45) is 1.21. The van der Waals surface area contributed by atoms with E-state index in [9.17, 15) is 9.18 Å². The van der Waals surface area contributed by atoms with Crippen molar-refractivity contribution in [3.8, 4) is 0 Å². The number of carbonyl (C=O) groups is 1. The molecular weight excluding hydrogens is 231 g/mol. The number of allylic oxidation sites excluding steroid dienone is 1. The zero-order valence-electron chi connectivity index (χ0n) is 10.8. The fourth-order valence-electron chi connectivity index (χ4n) is 1.74. The molecule has 0 atom stereocenters. The summed E-state index contributed by atoms with van der Waals surface area (Å²) in [5.74, 6) is -0.403. The number of benzene rings is 1. The second-order valence-electron chi connectivity index (χ2n) is 4.15. The van der Waals surface area contributed by atoms with Crippen LogP contribution < -0.4 is 11.1 Å². The first-order chi connectivity index (χ1) is 8.54. The largest absolute Gasteiger partial charge is 0.402 e. The second kappa shape index (κ2) is 6.79. The third-order valence-electron chi connectivity index (χ3n) is 2.69. The Morgan fingerprint density at radius 1 is 1.44 bits per heavy atom. The van der Waals surface area contributed by atoms with Crippen molar-refractivity contribution in [3.05, 3.63) is 46.9 Å². The number of halogens is 1. The zero-order valence-corrected chi connectivity index (χ0v) is 10.8. The van der Waals surface area contributed by atoms with Crippen LogP contribution in [0, 0.1) is 5.82 Å². The topological polar surface area (TPSA) is 55.1 Å². The molecule has 0 unspecified atom stereocenters. The van der Waals surface area contributed by atoms with E-state index >= 15 is 0 Å². The number of nitrogens with one attached hydrogen (secondary N) is 1.